The smallest absolute Gasteiger partial charge is 0.253 e. The zero-order valence-electron chi connectivity index (χ0n) is 21.4. The average Bonchev–Trinajstić information content (AvgIpc) is 3.42. The number of likely N-dealkylation sites (N-methyl/N-ethyl adjacent to an activating group) is 1. The molecule has 1 atom stereocenters. The van der Waals surface area contributed by atoms with Crippen LogP contribution in [0.2, 0.25) is 0 Å². The molecule has 0 aromatic carbocycles. The monoisotopic (exact) mass is 492 g/mol. The minimum absolute atomic E-state index is 0.110. The number of amides is 2. The number of rotatable bonds is 6. The Morgan fingerprint density at radius 2 is 1.83 bits per heavy atom. The minimum Gasteiger partial charge on any atom is -0.381 e. The van der Waals surface area contributed by atoms with Gasteiger partial charge in [-0.05, 0) is 50.7 Å². The molecule has 1 aliphatic carbocycles. The molecule has 0 unspecified atom stereocenters. The summed E-state index contributed by atoms with van der Waals surface area (Å²) >= 11 is 0. The van der Waals surface area contributed by atoms with Crippen LogP contribution >= 0.6 is 0 Å². The molecule has 36 heavy (non-hydrogen) atoms. The maximum absolute atomic E-state index is 13.1. The highest BCUT2D eigenvalue weighted by atomic mass is 16.5. The van der Waals surface area contributed by atoms with Gasteiger partial charge in [0.2, 0.25) is 5.91 Å². The highest BCUT2D eigenvalue weighted by Crippen LogP contribution is 2.41. The lowest BCUT2D eigenvalue weighted by atomic mass is 10.0. The van der Waals surface area contributed by atoms with Crippen molar-refractivity contribution in [2.75, 3.05) is 35.4 Å². The van der Waals surface area contributed by atoms with E-state index in [0.29, 0.717) is 36.5 Å². The van der Waals surface area contributed by atoms with Crippen molar-refractivity contribution in [3.05, 3.63) is 35.7 Å². The molecule has 0 spiro atoms. The summed E-state index contributed by atoms with van der Waals surface area (Å²) < 4.78 is 5.37. The number of aromatic nitrogens is 2. The quantitative estimate of drug-likeness (QED) is 0.630. The summed E-state index contributed by atoms with van der Waals surface area (Å²) in [4.78, 5) is 39.0. The Hall–Kier alpha value is -3.20. The fraction of sp³-hybridized carbons (Fsp3) is 0.556. The van der Waals surface area contributed by atoms with E-state index in [1.807, 2.05) is 26.1 Å². The van der Waals surface area contributed by atoms with Crippen LogP contribution < -0.4 is 20.4 Å². The van der Waals surface area contributed by atoms with Gasteiger partial charge in [-0.1, -0.05) is 19.8 Å². The van der Waals surface area contributed by atoms with Gasteiger partial charge >= 0.3 is 0 Å². The third kappa shape index (κ3) is 4.76. The molecule has 0 bridgehead atoms. The standard InChI is InChI=1S/C27H36N6O3/c1-4-21-27(35)32(3)23-16-28-24(14-22(23)33(21)20-7-5-6-8-20)31-25-17(2)13-18(15-29-25)26(34)30-19-9-11-36-12-10-19/h13-16,19-21H,4-12H2,1-3H3,(H,30,34)(H,28,29,31)/t21-/m1/s1. The van der Waals surface area contributed by atoms with Gasteiger partial charge in [0.05, 0.1) is 23.1 Å². The fourth-order valence-corrected chi connectivity index (χ4v) is 5.67. The first-order valence-corrected chi connectivity index (χ1v) is 13.1. The molecular weight excluding hydrogens is 456 g/mol. The second-order valence-corrected chi connectivity index (χ2v) is 10.1. The van der Waals surface area contributed by atoms with E-state index in [0.717, 1.165) is 49.0 Å². The predicted molar refractivity (Wildman–Crippen MR) is 140 cm³/mol. The summed E-state index contributed by atoms with van der Waals surface area (Å²) in [5.74, 6) is 1.35. The van der Waals surface area contributed by atoms with Gasteiger partial charge in [0.1, 0.15) is 17.7 Å². The first kappa shape index (κ1) is 24.5. The lowest BCUT2D eigenvalue weighted by molar-refractivity contribution is -0.120. The number of carbonyl (C=O) groups is 2. The zero-order valence-corrected chi connectivity index (χ0v) is 21.4. The van der Waals surface area contributed by atoms with E-state index in [1.165, 1.54) is 12.8 Å². The molecule has 192 valence electrons. The van der Waals surface area contributed by atoms with Crippen LogP contribution in [-0.2, 0) is 9.53 Å². The number of hydrogen-bond acceptors (Lipinski definition) is 7. The Morgan fingerprint density at radius 1 is 1.08 bits per heavy atom. The number of hydrogen-bond donors (Lipinski definition) is 2. The molecule has 1 saturated carbocycles. The van der Waals surface area contributed by atoms with Gasteiger partial charge < -0.3 is 25.2 Å². The Balaban J connectivity index is 1.37. The van der Waals surface area contributed by atoms with E-state index < -0.39 is 0 Å². The molecule has 2 N–H and O–H groups in total. The number of ether oxygens (including phenoxy) is 1. The van der Waals surface area contributed by atoms with E-state index in [1.54, 1.807) is 17.3 Å². The number of nitrogens with zero attached hydrogens (tertiary/aromatic N) is 4. The van der Waals surface area contributed by atoms with Crippen molar-refractivity contribution in [1.29, 1.82) is 0 Å². The van der Waals surface area contributed by atoms with E-state index >= 15 is 0 Å². The normalized spacial score (nSPS) is 21.0. The maximum Gasteiger partial charge on any atom is 0.253 e. The molecule has 0 radical (unpaired) electrons. The summed E-state index contributed by atoms with van der Waals surface area (Å²) in [7, 11) is 1.83. The van der Waals surface area contributed by atoms with Gasteiger partial charge in [-0.25, -0.2) is 9.97 Å². The van der Waals surface area contributed by atoms with Gasteiger partial charge in [0.15, 0.2) is 0 Å². The van der Waals surface area contributed by atoms with E-state index in [2.05, 4.69) is 32.4 Å². The Bertz CT molecular complexity index is 1130. The number of aryl methyl sites for hydroxylation is 1. The van der Waals surface area contributed by atoms with E-state index in [-0.39, 0.29) is 23.9 Å². The number of nitrogens with one attached hydrogen (secondary N) is 2. The highest BCUT2D eigenvalue weighted by molar-refractivity contribution is 6.05. The first-order valence-electron chi connectivity index (χ1n) is 13.1. The largest absolute Gasteiger partial charge is 0.381 e. The summed E-state index contributed by atoms with van der Waals surface area (Å²) in [5.41, 5.74) is 3.28. The van der Waals surface area contributed by atoms with Gasteiger partial charge in [-0.2, -0.15) is 0 Å². The summed E-state index contributed by atoms with van der Waals surface area (Å²) in [6.45, 7) is 5.38. The van der Waals surface area contributed by atoms with Crippen LogP contribution in [0.25, 0.3) is 0 Å². The van der Waals surface area contributed by atoms with E-state index in [4.69, 9.17) is 4.74 Å². The summed E-state index contributed by atoms with van der Waals surface area (Å²) in [6.07, 6.45) is 10.4. The Labute approximate surface area is 212 Å². The lowest BCUT2D eigenvalue weighted by Gasteiger charge is -2.44. The molecule has 2 aromatic heterocycles. The van der Waals surface area contributed by atoms with Crippen molar-refractivity contribution >= 4 is 34.8 Å². The zero-order chi connectivity index (χ0) is 25.2. The fourth-order valence-electron chi connectivity index (χ4n) is 5.67. The maximum atomic E-state index is 13.1. The molecule has 9 heteroatoms. The van der Waals surface area contributed by atoms with Crippen LogP contribution in [0, 0.1) is 6.92 Å². The summed E-state index contributed by atoms with van der Waals surface area (Å²) in [6, 6.07) is 4.24. The van der Waals surface area contributed by atoms with Crippen LogP contribution in [-0.4, -0.2) is 60.2 Å². The number of anilines is 4. The van der Waals surface area contributed by atoms with Crippen LogP contribution in [0.3, 0.4) is 0 Å². The van der Waals surface area contributed by atoms with Crippen LogP contribution in [0.1, 0.15) is 67.8 Å². The van der Waals surface area contributed by atoms with Crippen molar-refractivity contribution in [2.24, 2.45) is 0 Å². The van der Waals surface area contributed by atoms with Crippen molar-refractivity contribution in [3.8, 4) is 0 Å². The van der Waals surface area contributed by atoms with Crippen molar-refractivity contribution < 1.29 is 14.3 Å². The van der Waals surface area contributed by atoms with Crippen LogP contribution in [0.4, 0.5) is 23.0 Å². The Morgan fingerprint density at radius 3 is 2.53 bits per heavy atom. The molecule has 1 saturated heterocycles. The molecule has 2 amide bonds. The molecule has 2 aromatic rings. The number of pyridine rings is 2. The molecule has 2 fully saturated rings. The van der Waals surface area contributed by atoms with Crippen LogP contribution in [0.5, 0.6) is 0 Å². The van der Waals surface area contributed by atoms with Gasteiger partial charge in [0, 0.05) is 44.6 Å². The topological polar surface area (TPSA) is 99.7 Å². The predicted octanol–water partition coefficient (Wildman–Crippen LogP) is 3.94. The minimum atomic E-state index is -0.158. The van der Waals surface area contributed by atoms with E-state index in [9.17, 15) is 9.59 Å². The first-order chi connectivity index (χ1) is 17.5. The molecule has 4 heterocycles. The van der Waals surface area contributed by atoms with Crippen LogP contribution in [0.15, 0.2) is 24.5 Å². The lowest BCUT2D eigenvalue weighted by Crippen LogP contribution is -2.55. The van der Waals surface area contributed by atoms with Crippen molar-refractivity contribution in [2.45, 2.75) is 76.9 Å². The second kappa shape index (κ2) is 10.4. The summed E-state index contributed by atoms with van der Waals surface area (Å²) in [5, 5.41) is 6.42. The molecule has 5 rings (SSSR count). The van der Waals surface area contributed by atoms with Crippen molar-refractivity contribution in [3.63, 3.8) is 0 Å². The number of fused-ring (bicyclic) bond motifs is 1. The molecule has 9 nitrogen and oxygen atoms in total. The van der Waals surface area contributed by atoms with Gasteiger partial charge in [-0.15, -0.1) is 0 Å². The second-order valence-electron chi connectivity index (χ2n) is 10.1. The molecule has 3 aliphatic rings. The average molecular weight is 493 g/mol. The SMILES string of the molecule is CC[C@@H]1C(=O)N(C)c2cnc(Nc3ncc(C(=O)NC4CCOCC4)cc3C)cc2N1C1CCCC1. The number of carbonyl (C=O) groups excluding carboxylic acids is 2. The molecular formula is C27H36N6O3. The van der Waals surface area contributed by atoms with Crippen molar-refractivity contribution in [1.82, 2.24) is 15.3 Å². The Kier molecular flexibility index (Phi) is 7.09. The van der Waals surface area contributed by atoms with Gasteiger partial charge in [-0.3, -0.25) is 9.59 Å². The molecule has 2 aliphatic heterocycles. The highest BCUT2D eigenvalue weighted by Gasteiger charge is 2.40. The third-order valence-electron chi connectivity index (χ3n) is 7.70. The van der Waals surface area contributed by atoms with Gasteiger partial charge in [0.25, 0.3) is 5.91 Å². The third-order valence-corrected chi connectivity index (χ3v) is 7.70.